The number of fused-ring (bicyclic) bond motifs is 2. The maximum atomic E-state index is 5.97. The van der Waals surface area contributed by atoms with Crippen LogP contribution < -0.4 is 10.6 Å². The Morgan fingerprint density at radius 1 is 0.486 bits per heavy atom. The normalized spacial score (nSPS) is 10.4. The van der Waals surface area contributed by atoms with E-state index in [4.69, 9.17) is 11.6 Å². The predicted octanol–water partition coefficient (Wildman–Crippen LogP) is 8.61. The lowest BCUT2D eigenvalue weighted by molar-refractivity contribution is 1.40. The molecule has 0 bridgehead atoms. The fourth-order valence-electron chi connectivity index (χ4n) is 3.79. The van der Waals surface area contributed by atoms with Crippen LogP contribution in [0.4, 0.5) is 22.7 Å². The number of hydrogen-bond donors (Lipinski definition) is 2. The molecule has 5 heteroatoms. The molecule has 0 spiro atoms. The summed E-state index contributed by atoms with van der Waals surface area (Å²) in [4.78, 5) is 8.66. The average Bonchev–Trinajstić information content (AvgIpc) is 2.90. The van der Waals surface area contributed by atoms with Crippen molar-refractivity contribution in [3.8, 4) is 0 Å². The molecule has 0 aliphatic heterocycles. The Bertz CT molecular complexity index is 1550. The minimum absolute atomic E-state index is 0.701. The first kappa shape index (κ1) is 22.4. The fourth-order valence-corrected chi connectivity index (χ4v) is 3.96. The molecule has 0 unspecified atom stereocenters. The van der Waals surface area contributed by atoms with E-state index < -0.39 is 0 Å². The fraction of sp³-hybridized carbons (Fsp3) is 0. The first-order valence-corrected chi connectivity index (χ1v) is 11.7. The topological polar surface area (TPSA) is 49.8 Å². The van der Waals surface area contributed by atoms with E-state index in [-0.39, 0.29) is 0 Å². The van der Waals surface area contributed by atoms with Crippen molar-refractivity contribution in [3.63, 3.8) is 0 Å². The zero-order chi connectivity index (χ0) is 23.9. The molecule has 0 aliphatic rings. The lowest BCUT2D eigenvalue weighted by Crippen LogP contribution is -1.92. The maximum Gasteiger partial charge on any atom is 0.0737 e. The Hall–Kier alpha value is -4.41. The summed E-state index contributed by atoms with van der Waals surface area (Å²) in [6.07, 6.45) is 3.61. The molecular formula is C30H23ClN4. The van der Waals surface area contributed by atoms with E-state index in [1.54, 1.807) is 6.20 Å². The van der Waals surface area contributed by atoms with Gasteiger partial charge in [-0.15, -0.1) is 0 Å². The van der Waals surface area contributed by atoms with Gasteiger partial charge in [-0.05, 0) is 60.7 Å². The van der Waals surface area contributed by atoms with Crippen molar-refractivity contribution in [2.45, 2.75) is 0 Å². The molecule has 0 fully saturated rings. The number of hydrogen-bond acceptors (Lipinski definition) is 4. The lowest BCUT2D eigenvalue weighted by Gasteiger charge is -2.09. The minimum Gasteiger partial charge on any atom is -0.355 e. The highest BCUT2D eigenvalue weighted by Crippen LogP contribution is 2.27. The van der Waals surface area contributed by atoms with Crippen LogP contribution in [0, 0.1) is 0 Å². The van der Waals surface area contributed by atoms with Gasteiger partial charge < -0.3 is 10.6 Å². The summed E-state index contributed by atoms with van der Waals surface area (Å²) in [5.74, 6) is 0. The van der Waals surface area contributed by atoms with Crippen LogP contribution in [0.15, 0.2) is 128 Å². The largest absolute Gasteiger partial charge is 0.355 e. The maximum absolute atomic E-state index is 5.97. The highest BCUT2D eigenvalue weighted by Gasteiger charge is 2.03. The van der Waals surface area contributed by atoms with Gasteiger partial charge in [-0.25, -0.2) is 0 Å². The summed E-state index contributed by atoms with van der Waals surface area (Å²) in [6.45, 7) is 0. The number of rotatable bonds is 4. The highest BCUT2D eigenvalue weighted by atomic mass is 35.5. The van der Waals surface area contributed by atoms with Gasteiger partial charge in [0.25, 0.3) is 0 Å². The van der Waals surface area contributed by atoms with E-state index in [2.05, 4.69) is 38.8 Å². The lowest BCUT2D eigenvalue weighted by atomic mass is 10.2. The number of halogens is 1. The van der Waals surface area contributed by atoms with Gasteiger partial charge in [0.05, 0.1) is 11.0 Å². The molecule has 0 atom stereocenters. The second-order valence-corrected chi connectivity index (χ2v) is 8.31. The van der Waals surface area contributed by atoms with Gasteiger partial charge in [-0.3, -0.25) is 9.97 Å². The molecule has 2 heterocycles. The Morgan fingerprint density at radius 3 is 1.63 bits per heavy atom. The van der Waals surface area contributed by atoms with Gasteiger partial charge in [0, 0.05) is 50.9 Å². The molecular weight excluding hydrogens is 452 g/mol. The van der Waals surface area contributed by atoms with Crippen LogP contribution >= 0.6 is 11.6 Å². The summed E-state index contributed by atoms with van der Waals surface area (Å²) < 4.78 is 0. The van der Waals surface area contributed by atoms with E-state index in [0.717, 1.165) is 44.6 Å². The quantitative estimate of drug-likeness (QED) is 0.268. The number of nitrogens with one attached hydrogen (secondary N) is 2. The third-order valence-electron chi connectivity index (χ3n) is 5.46. The Labute approximate surface area is 209 Å². The van der Waals surface area contributed by atoms with Crippen molar-refractivity contribution in [1.82, 2.24) is 9.97 Å². The van der Waals surface area contributed by atoms with E-state index >= 15 is 0 Å². The minimum atomic E-state index is 0.701. The summed E-state index contributed by atoms with van der Waals surface area (Å²) in [5.41, 5.74) is 6.16. The van der Waals surface area contributed by atoms with Gasteiger partial charge >= 0.3 is 0 Å². The molecule has 0 saturated carbocycles. The summed E-state index contributed by atoms with van der Waals surface area (Å²) >= 11 is 5.97. The van der Waals surface area contributed by atoms with Gasteiger partial charge in [0.1, 0.15) is 0 Å². The number of benzene rings is 4. The number of pyridine rings is 2. The number of para-hydroxylation sites is 3. The molecule has 0 amide bonds. The molecule has 0 radical (unpaired) electrons. The predicted molar refractivity (Wildman–Crippen MR) is 148 cm³/mol. The van der Waals surface area contributed by atoms with E-state index in [9.17, 15) is 0 Å². The zero-order valence-electron chi connectivity index (χ0n) is 18.9. The van der Waals surface area contributed by atoms with Crippen molar-refractivity contribution >= 4 is 56.2 Å². The Kier molecular flexibility index (Phi) is 6.83. The summed E-state index contributed by atoms with van der Waals surface area (Å²) in [6, 6.07) is 38.0. The monoisotopic (exact) mass is 474 g/mol. The molecule has 6 aromatic rings. The van der Waals surface area contributed by atoms with Crippen LogP contribution in [0.25, 0.3) is 21.8 Å². The van der Waals surface area contributed by atoms with E-state index in [1.807, 2.05) is 103 Å². The van der Waals surface area contributed by atoms with Crippen LogP contribution in [0.2, 0.25) is 5.02 Å². The molecule has 35 heavy (non-hydrogen) atoms. The van der Waals surface area contributed by atoms with E-state index in [0.29, 0.717) is 5.02 Å². The van der Waals surface area contributed by atoms with Gasteiger partial charge in [0.2, 0.25) is 0 Å². The molecule has 4 aromatic carbocycles. The number of anilines is 4. The molecule has 170 valence electrons. The second-order valence-electron chi connectivity index (χ2n) is 7.88. The molecule has 2 aromatic heterocycles. The zero-order valence-corrected chi connectivity index (χ0v) is 19.7. The number of nitrogens with zero attached hydrogens (tertiary/aromatic N) is 2. The van der Waals surface area contributed by atoms with Crippen LogP contribution in [-0.4, -0.2) is 9.97 Å². The molecule has 2 N–H and O–H groups in total. The van der Waals surface area contributed by atoms with Crippen molar-refractivity contribution < 1.29 is 0 Å². The van der Waals surface area contributed by atoms with Crippen molar-refractivity contribution in [1.29, 1.82) is 0 Å². The van der Waals surface area contributed by atoms with Crippen LogP contribution in [0.1, 0.15) is 0 Å². The SMILES string of the molecule is Clc1ccc2c(Nc3ccccc3)ccnc2c1.c1ccc(Nc2ccnc3ccccc23)cc1. The van der Waals surface area contributed by atoms with Gasteiger partial charge in [0.15, 0.2) is 0 Å². The summed E-state index contributed by atoms with van der Waals surface area (Å²) in [5, 5.41) is 9.69. The standard InChI is InChI=1S/C15H11ClN2.C15H12N2/c16-11-6-7-13-14(8-9-17-15(13)10-11)18-12-4-2-1-3-5-12;1-2-6-12(7-3-1)17-15-10-11-16-14-9-5-4-8-13(14)15/h1-10H,(H,17,18);1-11H,(H,16,17). The summed E-state index contributed by atoms with van der Waals surface area (Å²) in [7, 11) is 0. The second kappa shape index (κ2) is 10.7. The third-order valence-corrected chi connectivity index (χ3v) is 5.69. The third kappa shape index (κ3) is 5.57. The van der Waals surface area contributed by atoms with Crippen LogP contribution in [0.5, 0.6) is 0 Å². The Morgan fingerprint density at radius 2 is 1.00 bits per heavy atom. The first-order valence-electron chi connectivity index (χ1n) is 11.3. The van der Waals surface area contributed by atoms with Crippen LogP contribution in [0.3, 0.4) is 0 Å². The highest BCUT2D eigenvalue weighted by molar-refractivity contribution is 6.31. The first-order chi connectivity index (χ1) is 17.3. The average molecular weight is 475 g/mol. The van der Waals surface area contributed by atoms with Crippen LogP contribution in [-0.2, 0) is 0 Å². The molecule has 0 aliphatic carbocycles. The molecule has 0 saturated heterocycles. The molecule has 4 nitrogen and oxygen atoms in total. The van der Waals surface area contributed by atoms with E-state index in [1.165, 1.54) is 0 Å². The van der Waals surface area contributed by atoms with Crippen molar-refractivity contribution in [2.75, 3.05) is 10.6 Å². The molecule has 6 rings (SSSR count). The van der Waals surface area contributed by atoms with Crippen molar-refractivity contribution in [3.05, 3.63) is 133 Å². The Balaban J connectivity index is 0.000000145. The van der Waals surface area contributed by atoms with Crippen molar-refractivity contribution in [2.24, 2.45) is 0 Å². The number of aromatic nitrogens is 2. The smallest absolute Gasteiger partial charge is 0.0737 e. The van der Waals surface area contributed by atoms with Gasteiger partial charge in [-0.1, -0.05) is 66.2 Å². The van der Waals surface area contributed by atoms with Gasteiger partial charge in [-0.2, -0.15) is 0 Å².